The number of hydrogen-bond acceptors (Lipinski definition) is 0. The van der Waals surface area contributed by atoms with Crippen LogP contribution in [0, 0.1) is 37.1 Å². The Kier molecular flexibility index (Phi) is 8.65. The van der Waals surface area contributed by atoms with Crippen molar-refractivity contribution in [2.45, 2.75) is 71.1 Å². The van der Waals surface area contributed by atoms with Crippen LogP contribution in [0.3, 0.4) is 0 Å². The molecular formula is C19H39NSiTi+. The normalized spacial score (nSPS) is 32.2. The van der Waals surface area contributed by atoms with Crippen LogP contribution in [0.25, 0.3) is 0 Å². The molecule has 0 bridgehead atoms. The summed E-state index contributed by atoms with van der Waals surface area (Å²) in [7, 11) is 3.42. The molecule has 0 aromatic rings. The predicted molar refractivity (Wildman–Crippen MR) is 97.7 cm³/mol. The molecule has 2 rings (SSSR count). The van der Waals surface area contributed by atoms with Crippen LogP contribution in [0.4, 0.5) is 0 Å². The maximum atomic E-state index is 2.80. The number of nitrogens with one attached hydrogen (secondary N) is 1. The smallest absolute Gasteiger partial charge is 0.362 e. The average molecular weight is 357 g/mol. The van der Waals surface area contributed by atoms with Crippen molar-refractivity contribution in [2.75, 3.05) is 14.1 Å². The zero-order valence-corrected chi connectivity index (χ0v) is 18.9. The molecular weight excluding hydrogens is 318 g/mol. The molecule has 4 atom stereocenters. The molecule has 0 aliphatic heterocycles. The second-order valence-corrected chi connectivity index (χ2v) is 13.9. The maximum Gasteiger partial charge on any atom is 3.00 e. The molecule has 4 unspecified atom stereocenters. The van der Waals surface area contributed by atoms with Crippen LogP contribution in [0.2, 0.25) is 18.6 Å². The molecule has 127 valence electrons. The third-order valence-electron chi connectivity index (χ3n) is 5.54. The predicted octanol–water partition coefficient (Wildman–Crippen LogP) is 3.84. The Morgan fingerprint density at radius 3 is 2.00 bits per heavy atom. The standard InChI is InChI=1S/C18H35NSi.CH3.Ti/c1-18(2,3)13-20(6,7)17-12-16(19(4)5)14-10-8-9-11-15(14)17;;/h12-17H,8-11H2,1-7H3;1H3;/q-2;-1;+3/p+1. The summed E-state index contributed by atoms with van der Waals surface area (Å²) in [5, 5.41) is 0. The van der Waals surface area contributed by atoms with Crippen molar-refractivity contribution in [1.29, 1.82) is 0 Å². The van der Waals surface area contributed by atoms with Gasteiger partial charge >= 0.3 is 21.7 Å². The van der Waals surface area contributed by atoms with Gasteiger partial charge in [0.25, 0.3) is 0 Å². The SMILES string of the molecule is C[NH+](C)C1[CH-]C([Si](C)(C)[CH-]C(C)(C)C)C2CCCCC21.[CH3-].[Ti+3]. The molecule has 1 nitrogen and oxygen atoms in total. The van der Waals surface area contributed by atoms with E-state index in [2.05, 4.69) is 60.4 Å². The zero-order chi connectivity index (χ0) is 15.1. The molecule has 0 amide bonds. The van der Waals surface area contributed by atoms with Gasteiger partial charge in [-0.1, -0.05) is 59.0 Å². The minimum Gasteiger partial charge on any atom is -0.362 e. The Hall–Kier alpha value is 0.891. The van der Waals surface area contributed by atoms with Crippen molar-refractivity contribution < 1.29 is 26.6 Å². The minimum atomic E-state index is -1.30. The Labute approximate surface area is 156 Å². The van der Waals surface area contributed by atoms with Gasteiger partial charge in [-0.25, -0.2) is 0 Å². The van der Waals surface area contributed by atoms with E-state index in [1.165, 1.54) is 25.7 Å². The molecule has 0 heterocycles. The monoisotopic (exact) mass is 357 g/mol. The second-order valence-electron chi connectivity index (χ2n) is 9.27. The number of hydrogen-bond donors (Lipinski definition) is 1. The molecule has 3 heteroatoms. The first kappa shape index (κ1) is 22.9. The number of quaternary nitrogens is 1. The molecule has 0 spiro atoms. The summed E-state index contributed by atoms with van der Waals surface area (Å²) in [4.78, 5) is 1.66. The second kappa shape index (κ2) is 8.32. The van der Waals surface area contributed by atoms with Crippen LogP contribution in [-0.2, 0) is 21.7 Å². The Balaban J connectivity index is 0.00000220. The van der Waals surface area contributed by atoms with E-state index in [0.29, 0.717) is 5.41 Å². The molecule has 2 saturated carbocycles. The molecule has 1 N–H and O–H groups in total. The molecule has 2 aliphatic carbocycles. The minimum absolute atomic E-state index is 0. The fraction of sp³-hybridized carbons (Fsp3) is 0.842. The molecule has 22 heavy (non-hydrogen) atoms. The Bertz CT molecular complexity index is 335. The Morgan fingerprint density at radius 2 is 1.55 bits per heavy atom. The van der Waals surface area contributed by atoms with E-state index in [1.54, 1.807) is 4.90 Å². The zero-order valence-electron chi connectivity index (χ0n) is 16.3. The van der Waals surface area contributed by atoms with Crippen molar-refractivity contribution in [3.63, 3.8) is 0 Å². The van der Waals surface area contributed by atoms with E-state index in [-0.39, 0.29) is 29.1 Å². The quantitative estimate of drug-likeness (QED) is 0.578. The maximum absolute atomic E-state index is 2.80. The first-order valence-corrected chi connectivity index (χ1v) is 11.8. The van der Waals surface area contributed by atoms with Crippen LogP contribution in [0.1, 0.15) is 46.5 Å². The van der Waals surface area contributed by atoms with Gasteiger partial charge in [-0.3, -0.25) is 6.42 Å². The summed E-state index contributed by atoms with van der Waals surface area (Å²) in [6.07, 6.45) is 8.71. The molecule has 0 saturated heterocycles. The number of rotatable bonds is 3. The molecule has 2 aliphatic rings. The van der Waals surface area contributed by atoms with E-state index in [4.69, 9.17) is 0 Å². The average Bonchev–Trinajstić information content (AvgIpc) is 2.65. The van der Waals surface area contributed by atoms with E-state index >= 15 is 0 Å². The van der Waals surface area contributed by atoms with Gasteiger partial charge in [-0.05, 0) is 18.4 Å². The first-order chi connectivity index (χ1) is 9.12. The summed E-state index contributed by atoms with van der Waals surface area (Å²) in [6, 6.07) is 3.56. The van der Waals surface area contributed by atoms with Crippen molar-refractivity contribution in [3.8, 4) is 0 Å². The van der Waals surface area contributed by atoms with Crippen molar-refractivity contribution in [2.24, 2.45) is 17.3 Å². The molecule has 2 fully saturated rings. The van der Waals surface area contributed by atoms with Crippen LogP contribution >= 0.6 is 0 Å². The Morgan fingerprint density at radius 1 is 1.05 bits per heavy atom. The fourth-order valence-corrected chi connectivity index (χ4v) is 9.87. The van der Waals surface area contributed by atoms with Crippen LogP contribution in [0.15, 0.2) is 0 Å². The van der Waals surface area contributed by atoms with Gasteiger partial charge in [-0.15, -0.1) is 8.07 Å². The van der Waals surface area contributed by atoms with Gasteiger partial charge in [0, 0.05) is 0 Å². The fourth-order valence-electron chi connectivity index (χ4n) is 5.22. The van der Waals surface area contributed by atoms with Gasteiger partial charge in [0.1, 0.15) is 0 Å². The molecule has 0 aromatic heterocycles. The van der Waals surface area contributed by atoms with Crippen LogP contribution in [-0.4, -0.2) is 28.2 Å². The van der Waals surface area contributed by atoms with Crippen molar-refractivity contribution in [1.82, 2.24) is 0 Å². The van der Waals surface area contributed by atoms with E-state index in [0.717, 1.165) is 23.4 Å². The van der Waals surface area contributed by atoms with E-state index in [1.807, 2.05) is 0 Å². The molecule has 1 radical (unpaired) electrons. The largest absolute Gasteiger partial charge is 3.00 e. The summed E-state index contributed by atoms with van der Waals surface area (Å²) >= 11 is 0. The van der Waals surface area contributed by atoms with Gasteiger partial charge in [0.05, 0.1) is 14.1 Å². The van der Waals surface area contributed by atoms with Crippen molar-refractivity contribution in [3.05, 3.63) is 19.9 Å². The van der Waals surface area contributed by atoms with Gasteiger partial charge in [0.15, 0.2) is 0 Å². The summed E-state index contributed by atoms with van der Waals surface area (Å²) in [6.45, 7) is 12.4. The summed E-state index contributed by atoms with van der Waals surface area (Å²) < 4.78 is 0. The van der Waals surface area contributed by atoms with Gasteiger partial charge in [0.2, 0.25) is 0 Å². The van der Waals surface area contributed by atoms with Gasteiger partial charge < -0.3 is 18.4 Å². The third-order valence-corrected chi connectivity index (χ3v) is 9.49. The summed E-state index contributed by atoms with van der Waals surface area (Å²) in [5.41, 5.74) is 1.28. The van der Waals surface area contributed by atoms with Crippen molar-refractivity contribution >= 4 is 8.07 Å². The van der Waals surface area contributed by atoms with Crippen LogP contribution < -0.4 is 4.90 Å². The van der Waals surface area contributed by atoms with E-state index < -0.39 is 8.07 Å². The van der Waals surface area contributed by atoms with Gasteiger partial charge in [-0.2, -0.15) is 11.0 Å². The first-order valence-electron chi connectivity index (χ1n) is 8.64. The molecule has 0 aromatic carbocycles. The number of fused-ring (bicyclic) bond motifs is 1. The summed E-state index contributed by atoms with van der Waals surface area (Å²) in [5.74, 6) is 1.96. The van der Waals surface area contributed by atoms with Crippen LogP contribution in [0.5, 0.6) is 0 Å². The van der Waals surface area contributed by atoms with E-state index in [9.17, 15) is 0 Å². The topological polar surface area (TPSA) is 4.44 Å². The third kappa shape index (κ3) is 5.19.